The average Bonchev–Trinajstić information content (AvgIpc) is 3.19. The number of esters is 2. The second-order valence-corrected chi connectivity index (χ2v) is 9.44. The summed E-state index contributed by atoms with van der Waals surface area (Å²) in [6.07, 6.45) is 3.24. The molecule has 0 aromatic heterocycles. The molecule has 1 amide bonds. The Balaban J connectivity index is 1.70. The molecule has 0 aliphatic carbocycles. The van der Waals surface area contributed by atoms with Crippen molar-refractivity contribution in [2.24, 2.45) is 5.73 Å². The molecule has 1 saturated heterocycles. The summed E-state index contributed by atoms with van der Waals surface area (Å²) >= 11 is 1.47. The molecule has 2 aromatic carbocycles. The van der Waals surface area contributed by atoms with E-state index in [1.54, 1.807) is 19.1 Å². The van der Waals surface area contributed by atoms with E-state index in [9.17, 15) is 14.4 Å². The van der Waals surface area contributed by atoms with Crippen molar-refractivity contribution in [2.75, 3.05) is 7.11 Å². The fourth-order valence-electron chi connectivity index (χ4n) is 4.44. The molecule has 8 heteroatoms. The lowest BCUT2D eigenvalue weighted by Crippen LogP contribution is -2.75. The number of amides is 1. The molecular formula is C26H22N2O5S. The van der Waals surface area contributed by atoms with E-state index in [0.717, 1.165) is 5.56 Å². The molecule has 172 valence electrons. The van der Waals surface area contributed by atoms with Crippen LogP contribution in [0.2, 0.25) is 0 Å². The van der Waals surface area contributed by atoms with Crippen LogP contribution in [0.15, 0.2) is 95.4 Å². The average molecular weight is 475 g/mol. The van der Waals surface area contributed by atoms with E-state index < -0.39 is 28.8 Å². The maximum Gasteiger partial charge on any atom is 0.355 e. The first-order chi connectivity index (χ1) is 16.4. The van der Waals surface area contributed by atoms with Crippen molar-refractivity contribution in [3.05, 3.63) is 107 Å². The number of hydrogen-bond donors (Lipinski definition) is 1. The van der Waals surface area contributed by atoms with Gasteiger partial charge in [-0.15, -0.1) is 11.8 Å². The molecule has 2 N–H and O–H groups in total. The third-order valence-corrected chi connectivity index (χ3v) is 7.82. The van der Waals surface area contributed by atoms with Gasteiger partial charge in [-0.05, 0) is 30.2 Å². The van der Waals surface area contributed by atoms with Crippen LogP contribution in [0.25, 0.3) is 0 Å². The molecule has 0 spiro atoms. The number of carbonyl (C=O) groups is 3. The smallest absolute Gasteiger partial charge is 0.355 e. The van der Waals surface area contributed by atoms with Crippen LogP contribution in [0.4, 0.5) is 0 Å². The number of thioether (sulfide) groups is 1. The first kappa shape index (κ1) is 22.2. The summed E-state index contributed by atoms with van der Waals surface area (Å²) < 4.78 is 10.4. The van der Waals surface area contributed by atoms with Crippen molar-refractivity contribution < 1.29 is 23.9 Å². The Bertz CT molecular complexity index is 1280. The van der Waals surface area contributed by atoms with Crippen molar-refractivity contribution in [1.29, 1.82) is 0 Å². The monoisotopic (exact) mass is 474 g/mol. The molecule has 0 bridgehead atoms. The number of carbonyl (C=O) groups excluding carboxylic acids is 3. The zero-order valence-electron chi connectivity index (χ0n) is 18.6. The molecule has 2 aromatic rings. The minimum absolute atomic E-state index is 0.101. The number of allylic oxidation sites excluding steroid dienone is 2. The highest BCUT2D eigenvalue weighted by Crippen LogP contribution is 2.57. The summed E-state index contributed by atoms with van der Waals surface area (Å²) in [5, 5.41) is -0.899. The molecule has 3 atom stereocenters. The summed E-state index contributed by atoms with van der Waals surface area (Å²) in [7, 11) is 1.27. The van der Waals surface area contributed by atoms with Gasteiger partial charge in [0, 0.05) is 11.1 Å². The number of rotatable bonds is 4. The fourth-order valence-corrected chi connectivity index (χ4v) is 6.11. The summed E-state index contributed by atoms with van der Waals surface area (Å²) in [6, 6.07) is 18.8. The van der Waals surface area contributed by atoms with Crippen LogP contribution in [0, 0.1) is 0 Å². The first-order valence-electron chi connectivity index (χ1n) is 10.7. The lowest BCUT2D eigenvalue weighted by atomic mass is 9.80. The molecule has 1 fully saturated rings. The number of cyclic esters (lactones) is 1. The molecular weight excluding hydrogens is 452 g/mol. The van der Waals surface area contributed by atoms with Crippen LogP contribution in [-0.4, -0.2) is 35.2 Å². The summed E-state index contributed by atoms with van der Waals surface area (Å²) in [5.41, 5.74) is 8.09. The van der Waals surface area contributed by atoms with Gasteiger partial charge in [0.15, 0.2) is 5.54 Å². The Hall–Kier alpha value is -3.62. The number of ether oxygens (including phenoxy) is 2. The SMILES string of the molecule is COC(=O)C1=C(C=C2C=C(C)C(=O)O2)C(c2ccccc2)S[C@@H]2N1C(=O)[C@]2(N)c1ccccc1. The highest BCUT2D eigenvalue weighted by molar-refractivity contribution is 8.00. The molecule has 7 nitrogen and oxygen atoms in total. The molecule has 34 heavy (non-hydrogen) atoms. The Morgan fingerprint density at radius 2 is 1.76 bits per heavy atom. The van der Waals surface area contributed by atoms with Crippen molar-refractivity contribution in [1.82, 2.24) is 4.90 Å². The van der Waals surface area contributed by atoms with Crippen LogP contribution in [0.1, 0.15) is 23.3 Å². The van der Waals surface area contributed by atoms with Gasteiger partial charge in [0.05, 0.1) is 12.4 Å². The number of hydrogen-bond acceptors (Lipinski definition) is 7. The second kappa shape index (κ2) is 8.30. The van der Waals surface area contributed by atoms with E-state index in [2.05, 4.69) is 0 Å². The van der Waals surface area contributed by atoms with Gasteiger partial charge in [0.2, 0.25) is 0 Å². The van der Waals surface area contributed by atoms with Gasteiger partial charge >= 0.3 is 11.9 Å². The van der Waals surface area contributed by atoms with Gasteiger partial charge < -0.3 is 15.2 Å². The van der Waals surface area contributed by atoms with Crippen molar-refractivity contribution in [3.63, 3.8) is 0 Å². The van der Waals surface area contributed by atoms with Crippen LogP contribution in [0.5, 0.6) is 0 Å². The predicted octanol–water partition coefficient (Wildman–Crippen LogP) is 3.31. The lowest BCUT2D eigenvalue weighted by Gasteiger charge is -2.57. The minimum Gasteiger partial charge on any atom is -0.464 e. The van der Waals surface area contributed by atoms with Crippen LogP contribution >= 0.6 is 11.8 Å². The zero-order valence-corrected chi connectivity index (χ0v) is 19.4. The van der Waals surface area contributed by atoms with E-state index in [1.165, 1.54) is 23.8 Å². The third-order valence-electron chi connectivity index (χ3n) is 6.18. The molecule has 5 rings (SSSR count). The normalized spacial score (nSPS) is 27.2. The van der Waals surface area contributed by atoms with E-state index in [1.807, 2.05) is 60.7 Å². The fraction of sp³-hybridized carbons (Fsp3) is 0.192. The number of nitrogens with zero attached hydrogens (tertiary/aromatic N) is 1. The van der Waals surface area contributed by atoms with E-state index in [4.69, 9.17) is 15.2 Å². The lowest BCUT2D eigenvalue weighted by molar-refractivity contribution is -0.156. The van der Waals surface area contributed by atoms with E-state index in [0.29, 0.717) is 22.5 Å². The van der Waals surface area contributed by atoms with Crippen LogP contribution < -0.4 is 5.73 Å². The molecule has 0 radical (unpaired) electrons. The highest BCUT2D eigenvalue weighted by atomic mass is 32.2. The zero-order chi connectivity index (χ0) is 24.0. The van der Waals surface area contributed by atoms with Gasteiger partial charge in [0.1, 0.15) is 16.8 Å². The summed E-state index contributed by atoms with van der Waals surface area (Å²) in [5.74, 6) is -1.20. The number of β-lactam (4-membered cyclic amide) rings is 1. The van der Waals surface area contributed by atoms with E-state index in [-0.39, 0.29) is 10.9 Å². The second-order valence-electron chi connectivity index (χ2n) is 8.25. The highest BCUT2D eigenvalue weighted by Gasteiger charge is 2.64. The van der Waals surface area contributed by atoms with Gasteiger partial charge in [-0.3, -0.25) is 9.69 Å². The predicted molar refractivity (Wildman–Crippen MR) is 127 cm³/mol. The maximum absolute atomic E-state index is 13.5. The van der Waals surface area contributed by atoms with Gasteiger partial charge in [-0.1, -0.05) is 60.7 Å². The van der Waals surface area contributed by atoms with Gasteiger partial charge in [-0.25, -0.2) is 9.59 Å². The van der Waals surface area contributed by atoms with Crippen LogP contribution in [-0.2, 0) is 29.4 Å². The summed E-state index contributed by atoms with van der Waals surface area (Å²) in [6.45, 7) is 1.65. The minimum atomic E-state index is -1.30. The number of fused-ring (bicyclic) bond motifs is 1. The Morgan fingerprint density at radius 3 is 2.35 bits per heavy atom. The standard InChI is InChI=1S/C26H22N2O5S/c1-15-13-18(33-22(15)29)14-19-20(23(30)32-2)28-24(31)26(27,17-11-7-4-8-12-17)25(28)34-21(19)16-9-5-3-6-10-16/h3-14,21,25H,27H2,1-2H3/t21?,25-,26+/m0/s1. The Morgan fingerprint density at radius 1 is 1.12 bits per heavy atom. The largest absolute Gasteiger partial charge is 0.464 e. The Kier molecular flexibility index (Phi) is 5.42. The molecule has 3 aliphatic rings. The van der Waals surface area contributed by atoms with Crippen molar-refractivity contribution in [2.45, 2.75) is 23.1 Å². The number of benzene rings is 2. The van der Waals surface area contributed by atoms with Crippen molar-refractivity contribution >= 4 is 29.6 Å². The van der Waals surface area contributed by atoms with Crippen LogP contribution in [0.3, 0.4) is 0 Å². The molecule has 0 saturated carbocycles. The number of nitrogens with two attached hydrogens (primary N) is 1. The maximum atomic E-state index is 13.5. The molecule has 3 aliphatic heterocycles. The van der Waals surface area contributed by atoms with E-state index >= 15 is 0 Å². The van der Waals surface area contributed by atoms with Gasteiger partial charge in [-0.2, -0.15) is 0 Å². The quantitative estimate of drug-likeness (QED) is 0.536. The Labute approximate surface area is 200 Å². The number of methoxy groups -OCH3 is 1. The third kappa shape index (κ3) is 3.29. The first-order valence-corrected chi connectivity index (χ1v) is 11.6. The van der Waals surface area contributed by atoms with Gasteiger partial charge in [0.25, 0.3) is 5.91 Å². The molecule has 1 unspecified atom stereocenters. The topological polar surface area (TPSA) is 98.9 Å². The summed E-state index contributed by atoms with van der Waals surface area (Å²) in [4.78, 5) is 39.9. The molecule has 3 heterocycles. The van der Waals surface area contributed by atoms with Crippen molar-refractivity contribution in [3.8, 4) is 0 Å².